The van der Waals surface area contributed by atoms with Crippen molar-refractivity contribution >= 4 is 11.8 Å². The molecule has 0 aliphatic rings. The van der Waals surface area contributed by atoms with Crippen molar-refractivity contribution in [2.75, 3.05) is 13.3 Å². The predicted octanol–water partition coefficient (Wildman–Crippen LogP) is 1.85. The minimum absolute atomic E-state index is 0.124. The first-order valence-corrected chi connectivity index (χ1v) is 6.65. The van der Waals surface area contributed by atoms with Crippen molar-refractivity contribution in [1.82, 2.24) is 20.3 Å². The van der Waals surface area contributed by atoms with Crippen LogP contribution in [0.15, 0.2) is 35.4 Å². The van der Waals surface area contributed by atoms with Crippen LogP contribution >= 0.6 is 11.8 Å². The van der Waals surface area contributed by atoms with E-state index in [4.69, 9.17) is 0 Å². The summed E-state index contributed by atoms with van der Waals surface area (Å²) in [7, 11) is 3.86. The zero-order valence-electron chi connectivity index (χ0n) is 10.2. The summed E-state index contributed by atoms with van der Waals surface area (Å²) in [6.45, 7) is 0. The Hall–Kier alpha value is -1.33. The number of thioether (sulfide) groups is 1. The average Bonchev–Trinajstić information content (AvgIpc) is 2.78. The van der Waals surface area contributed by atoms with Gasteiger partial charge in [-0.05, 0) is 24.9 Å². The van der Waals surface area contributed by atoms with Crippen molar-refractivity contribution < 1.29 is 0 Å². The molecular formula is C12H16N4S. The quantitative estimate of drug-likeness (QED) is 0.839. The van der Waals surface area contributed by atoms with Crippen LogP contribution in [0.5, 0.6) is 0 Å². The number of aromatic nitrogens is 3. The highest BCUT2D eigenvalue weighted by atomic mass is 32.2. The number of hydrogen-bond acceptors (Lipinski definition) is 4. The highest BCUT2D eigenvalue weighted by Gasteiger charge is 2.18. The third-order valence-corrected chi connectivity index (χ3v) is 3.60. The Morgan fingerprint density at radius 1 is 1.35 bits per heavy atom. The van der Waals surface area contributed by atoms with Gasteiger partial charge in [0.25, 0.3) is 0 Å². The monoisotopic (exact) mass is 248 g/mol. The van der Waals surface area contributed by atoms with Crippen molar-refractivity contribution in [3.05, 3.63) is 41.7 Å². The van der Waals surface area contributed by atoms with Gasteiger partial charge >= 0.3 is 0 Å². The summed E-state index contributed by atoms with van der Waals surface area (Å²) in [5.41, 5.74) is 2.32. The Morgan fingerprint density at radius 2 is 2.12 bits per heavy atom. The van der Waals surface area contributed by atoms with Gasteiger partial charge in [-0.3, -0.25) is 4.68 Å². The highest BCUT2D eigenvalue weighted by molar-refractivity contribution is 7.98. The first-order chi connectivity index (χ1) is 8.27. The number of nitrogens with zero attached hydrogens (tertiary/aromatic N) is 3. The molecule has 0 saturated heterocycles. The average molecular weight is 248 g/mol. The molecule has 0 aliphatic heterocycles. The first kappa shape index (κ1) is 12.1. The molecule has 1 N–H and O–H groups in total. The van der Waals surface area contributed by atoms with Crippen LogP contribution in [-0.4, -0.2) is 28.3 Å². The van der Waals surface area contributed by atoms with Crippen LogP contribution in [0.25, 0.3) is 0 Å². The second-order valence-corrected chi connectivity index (χ2v) is 4.59. The van der Waals surface area contributed by atoms with Crippen LogP contribution in [0.3, 0.4) is 0 Å². The van der Waals surface area contributed by atoms with E-state index in [2.05, 4.69) is 46.2 Å². The second kappa shape index (κ2) is 5.33. The Labute approximate surface area is 105 Å². The number of hydrogen-bond donors (Lipinski definition) is 1. The topological polar surface area (TPSA) is 42.7 Å². The molecule has 0 saturated carbocycles. The summed E-state index contributed by atoms with van der Waals surface area (Å²) in [6.07, 6.45) is 3.89. The molecule has 0 fully saturated rings. The van der Waals surface area contributed by atoms with Gasteiger partial charge in [0.15, 0.2) is 0 Å². The van der Waals surface area contributed by atoms with Crippen molar-refractivity contribution in [2.45, 2.75) is 10.9 Å². The fraction of sp³-hybridized carbons (Fsp3) is 0.333. The molecule has 4 nitrogen and oxygen atoms in total. The number of nitrogens with one attached hydrogen (secondary N) is 1. The molecular weight excluding hydrogens is 232 g/mol. The molecule has 1 aromatic heterocycles. The Morgan fingerprint density at radius 3 is 2.71 bits per heavy atom. The van der Waals surface area contributed by atoms with E-state index in [0.717, 1.165) is 5.69 Å². The third kappa shape index (κ3) is 2.35. The summed E-state index contributed by atoms with van der Waals surface area (Å²) < 4.78 is 1.80. The summed E-state index contributed by atoms with van der Waals surface area (Å²) in [6, 6.07) is 8.51. The maximum atomic E-state index is 3.99. The van der Waals surface area contributed by atoms with Gasteiger partial charge in [0.05, 0.1) is 17.9 Å². The molecule has 0 bridgehead atoms. The van der Waals surface area contributed by atoms with E-state index in [1.54, 1.807) is 22.6 Å². The third-order valence-electron chi connectivity index (χ3n) is 2.78. The molecule has 2 aromatic rings. The van der Waals surface area contributed by atoms with E-state index in [-0.39, 0.29) is 6.04 Å². The fourth-order valence-electron chi connectivity index (χ4n) is 1.93. The summed E-state index contributed by atoms with van der Waals surface area (Å²) >= 11 is 1.75. The molecule has 0 spiro atoms. The minimum atomic E-state index is 0.124. The van der Waals surface area contributed by atoms with Gasteiger partial charge in [-0.25, -0.2) is 0 Å². The van der Waals surface area contributed by atoms with Crippen LogP contribution in [0.1, 0.15) is 17.3 Å². The van der Waals surface area contributed by atoms with Crippen LogP contribution in [0, 0.1) is 0 Å². The maximum Gasteiger partial charge on any atom is 0.0798 e. The lowest BCUT2D eigenvalue weighted by Gasteiger charge is -2.18. The second-order valence-electron chi connectivity index (χ2n) is 3.75. The lowest BCUT2D eigenvalue weighted by atomic mass is 10.0. The summed E-state index contributed by atoms with van der Waals surface area (Å²) in [5.74, 6) is 0. The standard InChI is InChI=1S/C12H16N4S/c1-13-12(10-8-14-15-16(10)2)9-6-4-5-7-11(9)17-3/h4-8,12-13H,1-3H3. The molecule has 0 amide bonds. The van der Waals surface area contributed by atoms with Crippen LogP contribution in [0.4, 0.5) is 0 Å². The predicted molar refractivity (Wildman–Crippen MR) is 70.1 cm³/mol. The zero-order chi connectivity index (χ0) is 12.3. The highest BCUT2D eigenvalue weighted by Crippen LogP contribution is 2.29. The van der Waals surface area contributed by atoms with Gasteiger partial charge in [-0.1, -0.05) is 23.4 Å². The Bertz CT molecular complexity index is 495. The van der Waals surface area contributed by atoms with E-state index in [9.17, 15) is 0 Å². The Balaban J connectivity index is 2.46. The van der Waals surface area contributed by atoms with E-state index in [1.165, 1.54) is 10.5 Å². The molecule has 17 heavy (non-hydrogen) atoms. The van der Waals surface area contributed by atoms with Crippen molar-refractivity contribution in [1.29, 1.82) is 0 Å². The zero-order valence-corrected chi connectivity index (χ0v) is 11.0. The maximum absolute atomic E-state index is 3.99. The lowest BCUT2D eigenvalue weighted by Crippen LogP contribution is -2.21. The van der Waals surface area contributed by atoms with E-state index in [1.807, 2.05) is 14.1 Å². The molecule has 0 aliphatic carbocycles. The molecule has 1 atom stereocenters. The van der Waals surface area contributed by atoms with Gasteiger partial charge in [-0.15, -0.1) is 16.9 Å². The molecule has 90 valence electrons. The van der Waals surface area contributed by atoms with Crippen LogP contribution in [-0.2, 0) is 7.05 Å². The van der Waals surface area contributed by atoms with E-state index in [0.29, 0.717) is 0 Å². The minimum Gasteiger partial charge on any atom is -0.308 e. The SMILES string of the molecule is CNC(c1ccccc1SC)c1cnnn1C. The molecule has 1 aromatic carbocycles. The molecule has 5 heteroatoms. The molecule has 1 heterocycles. The van der Waals surface area contributed by atoms with Gasteiger partial charge in [-0.2, -0.15) is 0 Å². The van der Waals surface area contributed by atoms with Gasteiger partial charge in [0.1, 0.15) is 0 Å². The van der Waals surface area contributed by atoms with Crippen LogP contribution < -0.4 is 5.32 Å². The fourth-order valence-corrected chi connectivity index (χ4v) is 2.56. The smallest absolute Gasteiger partial charge is 0.0798 e. The summed E-state index contributed by atoms with van der Waals surface area (Å²) in [5, 5.41) is 11.2. The number of rotatable bonds is 4. The molecule has 0 radical (unpaired) electrons. The largest absolute Gasteiger partial charge is 0.308 e. The molecule has 1 unspecified atom stereocenters. The van der Waals surface area contributed by atoms with Crippen molar-refractivity contribution in [2.24, 2.45) is 7.05 Å². The molecule has 2 rings (SSSR count). The van der Waals surface area contributed by atoms with Gasteiger partial charge in [0.2, 0.25) is 0 Å². The number of aryl methyl sites for hydroxylation is 1. The normalized spacial score (nSPS) is 12.6. The first-order valence-electron chi connectivity index (χ1n) is 5.42. The van der Waals surface area contributed by atoms with Crippen molar-refractivity contribution in [3.8, 4) is 0 Å². The van der Waals surface area contributed by atoms with Crippen LogP contribution in [0.2, 0.25) is 0 Å². The Kier molecular flexibility index (Phi) is 3.81. The number of benzene rings is 1. The van der Waals surface area contributed by atoms with E-state index >= 15 is 0 Å². The van der Waals surface area contributed by atoms with Gasteiger partial charge in [0, 0.05) is 11.9 Å². The van der Waals surface area contributed by atoms with Crippen molar-refractivity contribution in [3.63, 3.8) is 0 Å². The van der Waals surface area contributed by atoms with E-state index < -0.39 is 0 Å². The summed E-state index contributed by atoms with van der Waals surface area (Å²) in [4.78, 5) is 1.27. The van der Waals surface area contributed by atoms with Gasteiger partial charge < -0.3 is 5.32 Å². The lowest BCUT2D eigenvalue weighted by molar-refractivity contribution is 0.592.